The molecular formula is C13H14O2. The van der Waals surface area contributed by atoms with Crippen molar-refractivity contribution in [1.29, 1.82) is 0 Å². The minimum atomic E-state index is -0.411. The average molecular weight is 202 g/mol. The lowest BCUT2D eigenvalue weighted by atomic mass is 9.80. The predicted octanol–water partition coefficient (Wildman–Crippen LogP) is 3.27. The Labute approximate surface area is 88.5 Å². The number of hydrogen-bond donors (Lipinski definition) is 1. The first-order chi connectivity index (χ1) is 7.34. The van der Waals surface area contributed by atoms with Crippen LogP contribution in [0.3, 0.4) is 0 Å². The van der Waals surface area contributed by atoms with Gasteiger partial charge in [-0.3, -0.25) is 0 Å². The normalized spacial score (nSPS) is 19.0. The molecule has 78 valence electrons. The molecule has 1 aliphatic rings. The van der Waals surface area contributed by atoms with E-state index in [-0.39, 0.29) is 0 Å². The monoisotopic (exact) mass is 202 g/mol. The van der Waals surface area contributed by atoms with Gasteiger partial charge in [-0.1, -0.05) is 24.6 Å². The highest BCUT2D eigenvalue weighted by atomic mass is 16.4. The highest BCUT2D eigenvalue weighted by molar-refractivity contribution is 5.77. The molecule has 0 aliphatic heterocycles. The molecule has 2 heteroatoms. The van der Waals surface area contributed by atoms with E-state index in [0.717, 1.165) is 29.6 Å². The Bertz CT molecular complexity index is 435. The maximum Gasteiger partial charge on any atom is 0.134 e. The van der Waals surface area contributed by atoms with Crippen LogP contribution in [-0.2, 0) is 0 Å². The van der Waals surface area contributed by atoms with Crippen molar-refractivity contribution in [2.75, 3.05) is 0 Å². The lowest BCUT2D eigenvalue weighted by molar-refractivity contribution is 0.0457. The SMILES string of the molecule is OC(c1cc2ccccc2o1)C1CCC1. The van der Waals surface area contributed by atoms with Gasteiger partial charge in [0.1, 0.15) is 17.4 Å². The van der Waals surface area contributed by atoms with Crippen LogP contribution in [0.5, 0.6) is 0 Å². The van der Waals surface area contributed by atoms with Crippen molar-refractivity contribution >= 4 is 11.0 Å². The fraction of sp³-hybridized carbons (Fsp3) is 0.385. The molecule has 0 spiro atoms. The number of hydrogen-bond acceptors (Lipinski definition) is 2. The van der Waals surface area contributed by atoms with E-state index in [1.807, 2.05) is 30.3 Å². The molecule has 0 radical (unpaired) electrons. The van der Waals surface area contributed by atoms with Crippen molar-refractivity contribution in [3.05, 3.63) is 36.1 Å². The van der Waals surface area contributed by atoms with Crippen molar-refractivity contribution in [2.24, 2.45) is 5.92 Å². The number of rotatable bonds is 2. The number of aliphatic hydroxyl groups is 1. The van der Waals surface area contributed by atoms with Gasteiger partial charge in [-0.15, -0.1) is 0 Å². The summed E-state index contributed by atoms with van der Waals surface area (Å²) in [5, 5.41) is 11.1. The number of furan rings is 1. The van der Waals surface area contributed by atoms with Gasteiger partial charge in [-0.05, 0) is 30.9 Å². The summed E-state index contributed by atoms with van der Waals surface area (Å²) in [6.07, 6.45) is 3.07. The maximum atomic E-state index is 10.0. The molecule has 1 aliphatic carbocycles. The van der Waals surface area contributed by atoms with Crippen molar-refractivity contribution < 1.29 is 9.52 Å². The Balaban J connectivity index is 1.96. The second-order valence-corrected chi connectivity index (χ2v) is 4.32. The third kappa shape index (κ3) is 1.45. The summed E-state index contributed by atoms with van der Waals surface area (Å²) in [7, 11) is 0. The van der Waals surface area contributed by atoms with Crippen LogP contribution in [0.2, 0.25) is 0 Å². The van der Waals surface area contributed by atoms with E-state index in [1.54, 1.807) is 0 Å². The minimum Gasteiger partial charge on any atom is -0.458 e. The quantitative estimate of drug-likeness (QED) is 0.810. The zero-order chi connectivity index (χ0) is 10.3. The molecule has 0 saturated heterocycles. The zero-order valence-corrected chi connectivity index (χ0v) is 8.52. The molecule has 1 fully saturated rings. The second-order valence-electron chi connectivity index (χ2n) is 4.32. The molecule has 0 bridgehead atoms. The Morgan fingerprint density at radius 1 is 1.27 bits per heavy atom. The Hall–Kier alpha value is -1.28. The van der Waals surface area contributed by atoms with Crippen LogP contribution in [0.25, 0.3) is 11.0 Å². The fourth-order valence-electron chi connectivity index (χ4n) is 2.14. The van der Waals surface area contributed by atoms with Crippen molar-refractivity contribution in [3.8, 4) is 0 Å². The zero-order valence-electron chi connectivity index (χ0n) is 8.52. The first-order valence-corrected chi connectivity index (χ1v) is 5.51. The fourth-order valence-corrected chi connectivity index (χ4v) is 2.14. The van der Waals surface area contributed by atoms with E-state index in [1.165, 1.54) is 6.42 Å². The van der Waals surface area contributed by atoms with Gasteiger partial charge in [0, 0.05) is 5.39 Å². The summed E-state index contributed by atoms with van der Waals surface area (Å²) >= 11 is 0. The third-order valence-electron chi connectivity index (χ3n) is 3.33. The summed E-state index contributed by atoms with van der Waals surface area (Å²) in [6.45, 7) is 0. The predicted molar refractivity (Wildman–Crippen MR) is 58.5 cm³/mol. The van der Waals surface area contributed by atoms with Gasteiger partial charge >= 0.3 is 0 Å². The van der Waals surface area contributed by atoms with E-state index >= 15 is 0 Å². The molecule has 1 saturated carbocycles. The summed E-state index contributed by atoms with van der Waals surface area (Å²) in [4.78, 5) is 0. The van der Waals surface area contributed by atoms with Crippen molar-refractivity contribution in [1.82, 2.24) is 0 Å². The molecule has 1 heterocycles. The van der Waals surface area contributed by atoms with Crippen LogP contribution >= 0.6 is 0 Å². The number of fused-ring (bicyclic) bond motifs is 1. The van der Waals surface area contributed by atoms with E-state index in [2.05, 4.69) is 0 Å². The summed E-state index contributed by atoms with van der Waals surface area (Å²) in [6, 6.07) is 9.84. The van der Waals surface area contributed by atoms with Crippen LogP contribution in [0.4, 0.5) is 0 Å². The van der Waals surface area contributed by atoms with Crippen molar-refractivity contribution in [3.63, 3.8) is 0 Å². The highest BCUT2D eigenvalue weighted by Crippen LogP contribution is 2.39. The number of para-hydroxylation sites is 1. The molecule has 1 aromatic heterocycles. The Kier molecular flexibility index (Phi) is 2.03. The molecule has 2 aromatic rings. The highest BCUT2D eigenvalue weighted by Gasteiger charge is 2.28. The van der Waals surface area contributed by atoms with E-state index < -0.39 is 6.10 Å². The third-order valence-corrected chi connectivity index (χ3v) is 3.33. The van der Waals surface area contributed by atoms with E-state index in [0.29, 0.717) is 5.92 Å². The lowest BCUT2D eigenvalue weighted by Crippen LogP contribution is -2.19. The maximum absolute atomic E-state index is 10.0. The molecule has 1 unspecified atom stereocenters. The van der Waals surface area contributed by atoms with E-state index in [9.17, 15) is 5.11 Å². The summed E-state index contributed by atoms with van der Waals surface area (Å²) < 4.78 is 5.64. The van der Waals surface area contributed by atoms with Gasteiger partial charge in [-0.2, -0.15) is 0 Å². The van der Waals surface area contributed by atoms with Crippen LogP contribution in [-0.4, -0.2) is 5.11 Å². The molecule has 0 amide bonds. The Morgan fingerprint density at radius 2 is 2.07 bits per heavy atom. The van der Waals surface area contributed by atoms with Gasteiger partial charge < -0.3 is 9.52 Å². The van der Waals surface area contributed by atoms with E-state index in [4.69, 9.17) is 4.42 Å². The summed E-state index contributed by atoms with van der Waals surface area (Å²) in [5.74, 6) is 1.13. The van der Waals surface area contributed by atoms with Gasteiger partial charge in [0.05, 0.1) is 0 Å². The molecule has 15 heavy (non-hydrogen) atoms. The van der Waals surface area contributed by atoms with Crippen LogP contribution < -0.4 is 0 Å². The first kappa shape index (κ1) is 8.98. The molecule has 1 atom stereocenters. The first-order valence-electron chi connectivity index (χ1n) is 5.51. The topological polar surface area (TPSA) is 33.4 Å². The largest absolute Gasteiger partial charge is 0.458 e. The van der Waals surface area contributed by atoms with Crippen LogP contribution in [0, 0.1) is 5.92 Å². The van der Waals surface area contributed by atoms with Gasteiger partial charge in [-0.25, -0.2) is 0 Å². The molecular weight excluding hydrogens is 188 g/mol. The minimum absolute atomic E-state index is 0.408. The summed E-state index contributed by atoms with van der Waals surface area (Å²) in [5.41, 5.74) is 0.867. The Morgan fingerprint density at radius 3 is 2.73 bits per heavy atom. The lowest BCUT2D eigenvalue weighted by Gasteiger charge is -2.28. The number of aliphatic hydroxyl groups excluding tert-OH is 1. The van der Waals surface area contributed by atoms with Crippen molar-refractivity contribution in [2.45, 2.75) is 25.4 Å². The van der Waals surface area contributed by atoms with Gasteiger partial charge in [0.2, 0.25) is 0 Å². The van der Waals surface area contributed by atoms with Gasteiger partial charge in [0.25, 0.3) is 0 Å². The number of benzene rings is 1. The second kappa shape index (κ2) is 3.38. The van der Waals surface area contributed by atoms with Gasteiger partial charge in [0.15, 0.2) is 0 Å². The molecule has 1 N–H and O–H groups in total. The average Bonchev–Trinajstić information content (AvgIpc) is 2.58. The smallest absolute Gasteiger partial charge is 0.134 e. The van der Waals surface area contributed by atoms with Crippen LogP contribution in [0.1, 0.15) is 31.1 Å². The molecule has 3 rings (SSSR count). The standard InChI is InChI=1S/C13H14O2/c14-13(9-5-3-6-9)12-8-10-4-1-2-7-11(10)15-12/h1-2,4,7-9,13-14H,3,5-6H2. The molecule has 1 aromatic carbocycles. The van der Waals surface area contributed by atoms with Crippen LogP contribution in [0.15, 0.2) is 34.7 Å². The molecule has 2 nitrogen and oxygen atoms in total.